The van der Waals surface area contributed by atoms with Crippen molar-refractivity contribution < 1.29 is 4.42 Å². The van der Waals surface area contributed by atoms with Crippen molar-refractivity contribution in [2.45, 2.75) is 105 Å². The number of hydrogen-bond donors (Lipinski definition) is 0. The molecule has 6 aromatic carbocycles. The molecule has 0 radical (unpaired) electrons. The third-order valence-corrected chi connectivity index (χ3v) is 12.2. The summed E-state index contributed by atoms with van der Waals surface area (Å²) in [6, 6.07) is 40.6. The molecule has 0 spiro atoms. The summed E-state index contributed by atoms with van der Waals surface area (Å²) in [4.78, 5) is 0. The molecule has 0 saturated heterocycles. The number of benzene rings is 6. The summed E-state index contributed by atoms with van der Waals surface area (Å²) < 4.78 is 11.7. The van der Waals surface area contributed by atoms with Crippen LogP contribution in [0.15, 0.2) is 108 Å². The van der Waals surface area contributed by atoms with Crippen molar-refractivity contribution in [2.75, 3.05) is 0 Å². The predicted molar refractivity (Wildman–Crippen MR) is 242 cm³/mol. The van der Waals surface area contributed by atoms with Crippen molar-refractivity contribution in [1.29, 1.82) is 5.26 Å². The van der Waals surface area contributed by atoms with Crippen LogP contribution >= 0.6 is 0 Å². The van der Waals surface area contributed by atoms with Crippen LogP contribution in [0.5, 0.6) is 0 Å². The van der Waals surface area contributed by atoms with Gasteiger partial charge >= 0.3 is 0 Å². The van der Waals surface area contributed by atoms with Crippen molar-refractivity contribution in [2.24, 2.45) is 0 Å². The Morgan fingerprint density at radius 3 is 1.16 bits per heavy atom. The van der Waals surface area contributed by atoms with E-state index in [9.17, 15) is 5.26 Å². The first-order valence-corrected chi connectivity index (χ1v) is 20.3. The molecule has 57 heavy (non-hydrogen) atoms. The second-order valence-electron chi connectivity index (χ2n) is 20.3. The quantitative estimate of drug-likeness (QED) is 0.177. The Hall–Kier alpha value is -5.79. The summed E-state index contributed by atoms with van der Waals surface area (Å²) in [5, 5.41) is 18.0. The maximum Gasteiger partial charge on any atom is 0.161 e. The molecule has 4 nitrogen and oxygen atoms in total. The fourth-order valence-corrected chi connectivity index (χ4v) is 8.75. The van der Waals surface area contributed by atoms with Gasteiger partial charge in [-0.2, -0.15) is 5.26 Å². The van der Waals surface area contributed by atoms with Crippen LogP contribution in [0.25, 0.3) is 76.9 Å². The number of rotatable bonds is 2. The van der Waals surface area contributed by atoms with Gasteiger partial charge in [-0.05, 0) is 105 Å². The molecule has 3 aromatic heterocycles. The lowest BCUT2D eigenvalue weighted by molar-refractivity contribution is 0.590. The molecule has 0 amide bonds. The number of aromatic nitrogens is 2. The highest BCUT2D eigenvalue weighted by atomic mass is 16.3. The van der Waals surface area contributed by atoms with Gasteiger partial charge in [0.2, 0.25) is 0 Å². The predicted octanol–water partition coefficient (Wildman–Crippen LogP) is 14.8. The van der Waals surface area contributed by atoms with E-state index < -0.39 is 0 Å². The SMILES string of the molecule is CC(C)(C)c1ccc2c(c1)c1cc(C(C)(C)C)ccc1n2-c1c(C#N)cc2c(oc3ccccc32)c1-n1c2ccc(C(C)(C)C)cc2c2cc(C(C)(C)C)ccc21. The van der Waals surface area contributed by atoms with Crippen molar-refractivity contribution in [3.63, 3.8) is 0 Å². The zero-order chi connectivity index (χ0) is 40.6. The van der Waals surface area contributed by atoms with Crippen LogP contribution in [0.1, 0.15) is 111 Å². The highest BCUT2D eigenvalue weighted by molar-refractivity contribution is 6.16. The maximum atomic E-state index is 11.3. The molecule has 0 bridgehead atoms. The summed E-state index contributed by atoms with van der Waals surface area (Å²) in [6.07, 6.45) is 0. The number of furan rings is 1. The highest BCUT2D eigenvalue weighted by Crippen LogP contribution is 2.46. The van der Waals surface area contributed by atoms with Gasteiger partial charge in [0, 0.05) is 32.3 Å². The van der Waals surface area contributed by atoms with E-state index in [1.54, 1.807) is 0 Å². The second-order valence-corrected chi connectivity index (χ2v) is 20.3. The fraction of sp³-hybridized carbons (Fsp3) is 0.302. The Balaban J connectivity index is 1.53. The molecule has 4 heteroatoms. The Bertz CT molecular complexity index is 3020. The van der Waals surface area contributed by atoms with Gasteiger partial charge < -0.3 is 13.6 Å². The molecule has 0 atom stereocenters. The lowest BCUT2D eigenvalue weighted by Crippen LogP contribution is -2.11. The number of hydrogen-bond acceptors (Lipinski definition) is 2. The smallest absolute Gasteiger partial charge is 0.161 e. The molecule has 3 heterocycles. The van der Waals surface area contributed by atoms with E-state index >= 15 is 0 Å². The summed E-state index contributed by atoms with van der Waals surface area (Å²) in [5.74, 6) is 0. The Kier molecular flexibility index (Phi) is 7.82. The van der Waals surface area contributed by atoms with Crippen LogP contribution in [0.2, 0.25) is 0 Å². The maximum absolute atomic E-state index is 11.3. The van der Waals surface area contributed by atoms with Crippen LogP contribution in [-0.2, 0) is 21.7 Å². The average molecular weight is 748 g/mol. The van der Waals surface area contributed by atoms with Crippen LogP contribution in [0.3, 0.4) is 0 Å². The van der Waals surface area contributed by atoms with Crippen LogP contribution in [-0.4, -0.2) is 9.13 Å². The van der Waals surface area contributed by atoms with Crippen molar-refractivity contribution in [3.8, 4) is 17.4 Å². The molecule has 286 valence electrons. The van der Waals surface area contributed by atoms with E-state index in [1.165, 1.54) is 43.8 Å². The average Bonchev–Trinajstić information content (AvgIpc) is 3.79. The minimum Gasteiger partial charge on any atom is -0.454 e. The Morgan fingerprint density at radius 2 is 0.789 bits per heavy atom. The molecular weight excluding hydrogens is 695 g/mol. The zero-order valence-electron chi connectivity index (χ0n) is 35.6. The van der Waals surface area contributed by atoms with Gasteiger partial charge in [0.25, 0.3) is 0 Å². The second kappa shape index (κ2) is 12.1. The first-order valence-electron chi connectivity index (χ1n) is 20.3. The third-order valence-electron chi connectivity index (χ3n) is 12.2. The van der Waals surface area contributed by atoms with E-state index in [1.807, 2.05) is 24.3 Å². The number of para-hydroxylation sites is 1. The largest absolute Gasteiger partial charge is 0.454 e. The lowest BCUT2D eigenvalue weighted by atomic mass is 9.85. The normalized spacial score (nSPS) is 13.2. The van der Waals surface area contributed by atoms with Gasteiger partial charge in [-0.1, -0.05) is 126 Å². The van der Waals surface area contributed by atoms with Gasteiger partial charge in [-0.3, -0.25) is 0 Å². The molecule has 0 saturated carbocycles. The van der Waals surface area contributed by atoms with Crippen LogP contribution in [0, 0.1) is 11.3 Å². The molecule has 0 aliphatic rings. The zero-order valence-corrected chi connectivity index (χ0v) is 35.6. The molecule has 0 aliphatic carbocycles. The van der Waals surface area contributed by atoms with E-state index in [2.05, 4.69) is 177 Å². The summed E-state index contributed by atoms with van der Waals surface area (Å²) in [7, 11) is 0. The highest BCUT2D eigenvalue weighted by Gasteiger charge is 2.30. The van der Waals surface area contributed by atoms with Gasteiger partial charge in [0.15, 0.2) is 5.58 Å². The van der Waals surface area contributed by atoms with Gasteiger partial charge in [-0.25, -0.2) is 0 Å². The minimum absolute atomic E-state index is 0.0388. The van der Waals surface area contributed by atoms with Crippen molar-refractivity contribution >= 4 is 65.6 Å². The lowest BCUT2D eigenvalue weighted by Gasteiger charge is -2.21. The first kappa shape index (κ1) is 36.8. The van der Waals surface area contributed by atoms with E-state index in [-0.39, 0.29) is 21.7 Å². The number of nitriles is 1. The van der Waals surface area contributed by atoms with Gasteiger partial charge in [0.05, 0.1) is 33.3 Å². The Morgan fingerprint density at radius 1 is 0.421 bits per heavy atom. The van der Waals surface area contributed by atoms with Crippen LogP contribution in [0.4, 0.5) is 0 Å². The first-order chi connectivity index (χ1) is 26.8. The van der Waals surface area contributed by atoms with Crippen molar-refractivity contribution in [3.05, 3.63) is 131 Å². The van der Waals surface area contributed by atoms with E-state index in [0.29, 0.717) is 5.56 Å². The molecule has 0 N–H and O–H groups in total. The monoisotopic (exact) mass is 747 g/mol. The summed E-state index contributed by atoms with van der Waals surface area (Å²) in [5.41, 5.74) is 13.1. The minimum atomic E-state index is -0.0405. The Labute approximate surface area is 336 Å². The molecule has 0 aliphatic heterocycles. The standard InChI is InChI=1S/C53H53N3O/c1-50(2,3)32-17-21-42-37(26-32)38-27-33(51(4,5)6)18-22-43(38)55(42)47-31(30-54)25-41-36-15-13-14-16-46(36)57-49(41)48(47)56-44-23-19-34(52(7,8)9)28-39(44)40-29-35(53(10,11)12)20-24-45(40)56/h13-29H,1-12H3. The van der Waals surface area contributed by atoms with E-state index in [4.69, 9.17) is 4.42 Å². The summed E-state index contributed by atoms with van der Waals surface area (Å²) in [6.45, 7) is 27.3. The topological polar surface area (TPSA) is 46.8 Å². The number of nitrogens with zero attached hydrogens (tertiary/aromatic N) is 3. The molecule has 0 unspecified atom stereocenters. The molecule has 9 rings (SSSR count). The van der Waals surface area contributed by atoms with Crippen molar-refractivity contribution in [1.82, 2.24) is 9.13 Å². The number of fused-ring (bicyclic) bond motifs is 9. The van der Waals surface area contributed by atoms with E-state index in [0.717, 1.165) is 55.4 Å². The fourth-order valence-electron chi connectivity index (χ4n) is 8.75. The molecule has 0 fully saturated rings. The third kappa shape index (κ3) is 5.69. The van der Waals surface area contributed by atoms with Crippen LogP contribution < -0.4 is 0 Å². The van der Waals surface area contributed by atoms with Gasteiger partial charge in [-0.15, -0.1) is 0 Å². The van der Waals surface area contributed by atoms with Gasteiger partial charge in [0.1, 0.15) is 17.3 Å². The molecule has 9 aromatic rings. The summed E-state index contributed by atoms with van der Waals surface area (Å²) >= 11 is 0. The molecular formula is C53H53N3O.